The number of nitrogens with zero attached hydrogens (tertiary/aromatic N) is 4. The number of para-hydroxylation sites is 1. The zero-order valence-corrected chi connectivity index (χ0v) is 13.2. The Hall–Kier alpha value is -4.08. The predicted molar refractivity (Wildman–Crippen MR) is 92.2 cm³/mol. The van der Waals surface area contributed by atoms with Gasteiger partial charge in [-0.05, 0) is 24.3 Å². The molecule has 0 saturated heterocycles. The Bertz CT molecular complexity index is 990. The van der Waals surface area contributed by atoms with Crippen molar-refractivity contribution in [3.8, 4) is 28.5 Å². The van der Waals surface area contributed by atoms with Crippen molar-refractivity contribution in [3.05, 3.63) is 58.6 Å². The topological polar surface area (TPSA) is 157 Å². The molecule has 26 heavy (non-hydrogen) atoms. The summed E-state index contributed by atoms with van der Waals surface area (Å²) >= 11 is 0. The molecular weight excluding hydrogens is 340 g/mol. The highest BCUT2D eigenvalue weighted by atomic mass is 16.6. The second-order valence-corrected chi connectivity index (χ2v) is 5.12. The maximum absolute atomic E-state index is 11.1. The summed E-state index contributed by atoms with van der Waals surface area (Å²) in [7, 11) is 0. The smallest absolute Gasteiger partial charge is 0.319 e. The van der Waals surface area contributed by atoms with Gasteiger partial charge < -0.3 is 10.8 Å². The van der Waals surface area contributed by atoms with E-state index in [-0.39, 0.29) is 29.0 Å². The van der Waals surface area contributed by atoms with Crippen LogP contribution >= 0.6 is 0 Å². The van der Waals surface area contributed by atoms with Gasteiger partial charge in [-0.15, -0.1) is 0 Å². The Morgan fingerprint density at radius 2 is 1.69 bits per heavy atom. The maximum Gasteiger partial charge on any atom is 0.319 e. The fourth-order valence-corrected chi connectivity index (χ4v) is 2.19. The molecule has 0 aliphatic heterocycles. The number of amides is 2. The van der Waals surface area contributed by atoms with Gasteiger partial charge in [0, 0.05) is 17.7 Å². The summed E-state index contributed by atoms with van der Waals surface area (Å²) in [5.41, 5.74) is 5.81. The zero-order chi connectivity index (χ0) is 18.7. The third-order valence-electron chi connectivity index (χ3n) is 3.35. The van der Waals surface area contributed by atoms with Crippen LogP contribution in [0.2, 0.25) is 0 Å². The molecule has 0 atom stereocenters. The third kappa shape index (κ3) is 3.53. The monoisotopic (exact) mass is 352 g/mol. The number of hydrogen-bond donors (Lipinski definition) is 3. The summed E-state index contributed by atoms with van der Waals surface area (Å²) in [6, 6.07) is 11.1. The van der Waals surface area contributed by atoms with E-state index in [9.17, 15) is 20.0 Å². The molecule has 0 spiro atoms. The van der Waals surface area contributed by atoms with Crippen LogP contribution in [0.4, 0.5) is 16.4 Å². The van der Waals surface area contributed by atoms with Crippen molar-refractivity contribution < 1.29 is 14.8 Å². The van der Waals surface area contributed by atoms with Crippen LogP contribution in [0.25, 0.3) is 22.8 Å². The Morgan fingerprint density at radius 1 is 1.04 bits per heavy atom. The largest absolute Gasteiger partial charge is 0.507 e. The summed E-state index contributed by atoms with van der Waals surface area (Å²) in [4.78, 5) is 33.8. The number of rotatable bonds is 4. The first-order valence-corrected chi connectivity index (χ1v) is 7.30. The average Bonchev–Trinajstić information content (AvgIpc) is 2.61. The lowest BCUT2D eigenvalue weighted by atomic mass is 10.1. The van der Waals surface area contributed by atoms with Crippen molar-refractivity contribution in [3.63, 3.8) is 0 Å². The van der Waals surface area contributed by atoms with Crippen molar-refractivity contribution in [2.24, 2.45) is 5.73 Å². The molecule has 1 aromatic heterocycles. The van der Waals surface area contributed by atoms with Gasteiger partial charge in [-0.25, -0.2) is 9.78 Å². The number of urea groups is 1. The van der Waals surface area contributed by atoms with Crippen molar-refractivity contribution in [1.82, 2.24) is 15.0 Å². The molecule has 0 bridgehead atoms. The lowest BCUT2D eigenvalue weighted by Gasteiger charge is -2.08. The van der Waals surface area contributed by atoms with Crippen LogP contribution in [-0.4, -0.2) is 31.0 Å². The molecule has 0 fully saturated rings. The van der Waals surface area contributed by atoms with Gasteiger partial charge in [0.1, 0.15) is 5.75 Å². The van der Waals surface area contributed by atoms with Crippen LogP contribution in [0.1, 0.15) is 0 Å². The van der Waals surface area contributed by atoms with Crippen LogP contribution in [-0.2, 0) is 0 Å². The van der Waals surface area contributed by atoms with Crippen LogP contribution < -0.4 is 11.1 Å². The Labute approximate surface area is 146 Å². The average molecular weight is 352 g/mol. The molecule has 2 aromatic carbocycles. The van der Waals surface area contributed by atoms with E-state index in [4.69, 9.17) is 5.73 Å². The Kier molecular flexibility index (Phi) is 4.39. The van der Waals surface area contributed by atoms with E-state index >= 15 is 0 Å². The van der Waals surface area contributed by atoms with Crippen molar-refractivity contribution in [2.75, 3.05) is 5.32 Å². The number of hydrogen-bond acceptors (Lipinski definition) is 7. The number of carbonyl (C=O) groups excluding carboxylic acids is 1. The molecule has 10 heteroatoms. The summed E-state index contributed by atoms with van der Waals surface area (Å²) in [6.07, 6.45) is 0. The molecule has 1 heterocycles. The van der Waals surface area contributed by atoms with Crippen LogP contribution in [0, 0.1) is 10.1 Å². The van der Waals surface area contributed by atoms with E-state index in [2.05, 4.69) is 20.3 Å². The number of phenolic OH excluding ortho intramolecular Hbond substituents is 1. The molecular formula is C16H12N6O4. The number of primary amides is 1. The molecule has 3 aromatic rings. The second-order valence-electron chi connectivity index (χ2n) is 5.12. The van der Waals surface area contributed by atoms with Gasteiger partial charge in [-0.3, -0.25) is 15.4 Å². The van der Waals surface area contributed by atoms with Crippen molar-refractivity contribution in [1.29, 1.82) is 0 Å². The number of non-ortho nitro benzene ring substituents is 1. The summed E-state index contributed by atoms with van der Waals surface area (Å²) in [6.45, 7) is 0. The number of aromatic nitrogens is 3. The first kappa shape index (κ1) is 16.8. The van der Waals surface area contributed by atoms with E-state index in [1.165, 1.54) is 30.3 Å². The lowest BCUT2D eigenvalue weighted by molar-refractivity contribution is -0.384. The molecule has 3 rings (SSSR count). The van der Waals surface area contributed by atoms with Crippen molar-refractivity contribution >= 4 is 17.7 Å². The van der Waals surface area contributed by atoms with Gasteiger partial charge in [0.25, 0.3) is 5.69 Å². The van der Waals surface area contributed by atoms with Gasteiger partial charge in [-0.2, -0.15) is 9.97 Å². The lowest BCUT2D eigenvalue weighted by Crippen LogP contribution is -2.21. The van der Waals surface area contributed by atoms with E-state index < -0.39 is 11.0 Å². The normalized spacial score (nSPS) is 10.3. The number of carbonyl (C=O) groups is 1. The standard InChI is InChI=1S/C16H12N6O4/c17-15(24)21-16-19-13(9-5-7-10(8-6-9)22(25)26)18-14(20-16)11-3-1-2-4-12(11)23/h1-8,23H,(H3,17,18,19,20,21,24). The minimum atomic E-state index is -0.867. The third-order valence-corrected chi connectivity index (χ3v) is 3.35. The number of benzene rings is 2. The summed E-state index contributed by atoms with van der Waals surface area (Å²) in [5.74, 6) is 0.0876. The fourth-order valence-electron chi connectivity index (χ4n) is 2.19. The van der Waals surface area contributed by atoms with Crippen LogP contribution in [0.15, 0.2) is 48.5 Å². The first-order valence-electron chi connectivity index (χ1n) is 7.30. The summed E-state index contributed by atoms with van der Waals surface area (Å²) in [5, 5.41) is 23.0. The summed E-state index contributed by atoms with van der Waals surface area (Å²) < 4.78 is 0. The number of nitro benzene ring substituents is 1. The molecule has 0 saturated carbocycles. The number of phenols is 1. The van der Waals surface area contributed by atoms with Crippen LogP contribution in [0.5, 0.6) is 5.75 Å². The highest BCUT2D eigenvalue weighted by molar-refractivity contribution is 5.86. The highest BCUT2D eigenvalue weighted by Gasteiger charge is 2.14. The molecule has 130 valence electrons. The minimum absolute atomic E-state index is 0.0571. The predicted octanol–water partition coefficient (Wildman–Crippen LogP) is 2.31. The number of nitrogens with one attached hydrogen (secondary N) is 1. The highest BCUT2D eigenvalue weighted by Crippen LogP contribution is 2.28. The number of nitrogens with two attached hydrogens (primary N) is 1. The van der Waals surface area contributed by atoms with E-state index in [0.29, 0.717) is 11.1 Å². The second kappa shape index (κ2) is 6.81. The Morgan fingerprint density at radius 3 is 2.31 bits per heavy atom. The Balaban J connectivity index is 2.12. The van der Waals surface area contributed by atoms with Crippen LogP contribution in [0.3, 0.4) is 0 Å². The van der Waals surface area contributed by atoms with Gasteiger partial charge in [0.05, 0.1) is 10.5 Å². The molecule has 0 radical (unpaired) electrons. The van der Waals surface area contributed by atoms with Gasteiger partial charge in [-0.1, -0.05) is 12.1 Å². The fraction of sp³-hybridized carbons (Fsp3) is 0. The van der Waals surface area contributed by atoms with Crippen molar-refractivity contribution in [2.45, 2.75) is 0 Å². The SMILES string of the molecule is NC(=O)Nc1nc(-c2ccc([N+](=O)[O-])cc2)nc(-c2ccccc2O)n1. The quantitative estimate of drug-likeness (QED) is 0.480. The minimum Gasteiger partial charge on any atom is -0.507 e. The molecule has 2 amide bonds. The first-order chi connectivity index (χ1) is 12.4. The molecule has 0 aliphatic carbocycles. The number of anilines is 1. The zero-order valence-electron chi connectivity index (χ0n) is 13.2. The van der Waals surface area contributed by atoms with Gasteiger partial charge in [0.15, 0.2) is 11.6 Å². The molecule has 4 N–H and O–H groups in total. The number of aromatic hydroxyl groups is 1. The molecule has 10 nitrogen and oxygen atoms in total. The van der Waals surface area contributed by atoms with Gasteiger partial charge in [0.2, 0.25) is 5.95 Å². The van der Waals surface area contributed by atoms with E-state index in [0.717, 1.165) is 0 Å². The molecule has 0 unspecified atom stereocenters. The van der Waals surface area contributed by atoms with E-state index in [1.807, 2.05) is 0 Å². The maximum atomic E-state index is 11.1. The number of nitro groups is 1. The van der Waals surface area contributed by atoms with E-state index in [1.54, 1.807) is 18.2 Å². The van der Waals surface area contributed by atoms with Gasteiger partial charge >= 0.3 is 6.03 Å². The molecule has 0 aliphatic rings.